The summed E-state index contributed by atoms with van der Waals surface area (Å²) in [5.74, 6) is 0.203. The second-order valence-corrected chi connectivity index (χ2v) is 7.91. The summed E-state index contributed by atoms with van der Waals surface area (Å²) in [4.78, 5) is 38.2. The van der Waals surface area contributed by atoms with Gasteiger partial charge in [-0.15, -0.1) is 11.3 Å². The number of aryl methyl sites for hydroxylation is 2. The summed E-state index contributed by atoms with van der Waals surface area (Å²) in [7, 11) is 0. The fraction of sp³-hybridized carbons (Fsp3) is 0.381. The minimum atomic E-state index is -0.814. The molecule has 8 heteroatoms. The third kappa shape index (κ3) is 6.90. The number of ether oxygens (including phenoxy) is 2. The van der Waals surface area contributed by atoms with Crippen LogP contribution < -0.4 is 20.3 Å². The number of nitrogens with one attached hydrogen (secondary N) is 2. The van der Waals surface area contributed by atoms with E-state index in [4.69, 9.17) is 9.47 Å². The summed E-state index contributed by atoms with van der Waals surface area (Å²) in [6, 6.07) is 8.74. The van der Waals surface area contributed by atoms with Crippen LogP contribution in [0.25, 0.3) is 0 Å². The van der Waals surface area contributed by atoms with Gasteiger partial charge in [0.25, 0.3) is 5.91 Å². The van der Waals surface area contributed by atoms with E-state index in [9.17, 15) is 14.4 Å². The molecule has 2 rings (SSSR count). The van der Waals surface area contributed by atoms with Gasteiger partial charge in [-0.05, 0) is 58.0 Å². The quantitative estimate of drug-likeness (QED) is 0.481. The zero-order chi connectivity index (χ0) is 21.4. The molecule has 0 bridgehead atoms. The van der Waals surface area contributed by atoms with Gasteiger partial charge >= 0.3 is 0 Å². The van der Waals surface area contributed by atoms with Crippen LogP contribution >= 0.6 is 11.3 Å². The molecule has 1 aromatic carbocycles. The molecule has 2 aromatic rings. The van der Waals surface area contributed by atoms with Crippen molar-refractivity contribution in [1.29, 1.82) is 0 Å². The molecule has 1 atom stereocenters. The van der Waals surface area contributed by atoms with Gasteiger partial charge < -0.3 is 9.47 Å². The first kappa shape index (κ1) is 22.4. The van der Waals surface area contributed by atoms with Crippen molar-refractivity contribution >= 4 is 28.9 Å². The first-order valence-corrected chi connectivity index (χ1v) is 10.2. The van der Waals surface area contributed by atoms with Crippen LogP contribution in [0.5, 0.6) is 11.5 Å². The number of carbonyl (C=O) groups is 3. The Hall–Kier alpha value is -2.87. The summed E-state index contributed by atoms with van der Waals surface area (Å²) in [6.45, 7) is 7.86. The summed E-state index contributed by atoms with van der Waals surface area (Å²) in [5, 5.41) is 0. The van der Waals surface area contributed by atoms with Crippen molar-refractivity contribution in [3.63, 3.8) is 0 Å². The van der Waals surface area contributed by atoms with E-state index in [0.717, 1.165) is 9.75 Å². The van der Waals surface area contributed by atoms with Crippen molar-refractivity contribution in [2.45, 2.75) is 46.6 Å². The van der Waals surface area contributed by atoms with Crippen LogP contribution in [-0.2, 0) is 9.59 Å². The molecule has 0 saturated heterocycles. The van der Waals surface area contributed by atoms with Crippen molar-refractivity contribution < 1.29 is 23.9 Å². The number of carbonyl (C=O) groups excluding carboxylic acids is 3. The van der Waals surface area contributed by atoms with Gasteiger partial charge in [0.15, 0.2) is 11.9 Å². The Labute approximate surface area is 174 Å². The molecule has 0 unspecified atom stereocenters. The lowest BCUT2D eigenvalue weighted by atomic mass is 10.1. The highest BCUT2D eigenvalue weighted by molar-refractivity contribution is 7.12. The van der Waals surface area contributed by atoms with Crippen LogP contribution in [0.3, 0.4) is 0 Å². The fourth-order valence-electron chi connectivity index (χ4n) is 2.60. The molecule has 2 amide bonds. The van der Waals surface area contributed by atoms with E-state index in [-0.39, 0.29) is 18.6 Å². The normalized spacial score (nSPS) is 11.4. The monoisotopic (exact) mass is 418 g/mol. The van der Waals surface area contributed by atoms with E-state index in [1.807, 2.05) is 26.8 Å². The van der Waals surface area contributed by atoms with Gasteiger partial charge in [-0.25, -0.2) is 0 Å². The van der Waals surface area contributed by atoms with Crippen molar-refractivity contribution in [3.8, 4) is 11.5 Å². The van der Waals surface area contributed by atoms with Gasteiger partial charge in [0.2, 0.25) is 5.91 Å². The van der Waals surface area contributed by atoms with E-state index < -0.39 is 17.9 Å². The molecule has 0 aliphatic heterocycles. The minimum absolute atomic E-state index is 0.0123. The molecule has 0 aliphatic rings. The molecular weight excluding hydrogens is 392 g/mol. The number of Topliss-reactive ketones (excluding diaryl/α,β-unsaturated/α-hetero) is 1. The standard InChI is InChI=1S/C21H26N2O5S/c1-5-27-16-6-8-17(9-7-16)28-14(3)21(26)23-22-20(25)11-10-19(24)18-12-13(2)29-15(18)4/h6-9,12,14H,5,10-11H2,1-4H3,(H,22,25)(H,23,26)/t14-/m1/s1. The zero-order valence-electron chi connectivity index (χ0n) is 17.0. The summed E-state index contributed by atoms with van der Waals surface area (Å²) in [6.07, 6.45) is -0.746. The predicted molar refractivity (Wildman–Crippen MR) is 111 cm³/mol. The second-order valence-electron chi connectivity index (χ2n) is 6.45. The van der Waals surface area contributed by atoms with Crippen molar-refractivity contribution in [2.24, 2.45) is 0 Å². The molecular formula is C21H26N2O5S. The van der Waals surface area contributed by atoms with Crippen LogP contribution in [0.1, 0.15) is 46.8 Å². The van der Waals surface area contributed by atoms with E-state index in [0.29, 0.717) is 23.7 Å². The average Bonchev–Trinajstić information content (AvgIpc) is 3.04. The van der Waals surface area contributed by atoms with E-state index in [1.54, 1.807) is 42.5 Å². The Kier molecular flexibility index (Phi) is 8.21. The molecule has 0 fully saturated rings. The zero-order valence-corrected chi connectivity index (χ0v) is 17.9. The summed E-state index contributed by atoms with van der Waals surface area (Å²) in [5.41, 5.74) is 5.28. The number of ketones is 1. The Morgan fingerprint density at radius 1 is 1.03 bits per heavy atom. The predicted octanol–water partition coefficient (Wildman–Crippen LogP) is 3.34. The molecule has 1 heterocycles. The topological polar surface area (TPSA) is 93.7 Å². The van der Waals surface area contributed by atoms with Crippen LogP contribution in [0.4, 0.5) is 0 Å². The van der Waals surface area contributed by atoms with Crippen molar-refractivity contribution in [1.82, 2.24) is 10.9 Å². The largest absolute Gasteiger partial charge is 0.494 e. The highest BCUT2D eigenvalue weighted by atomic mass is 32.1. The van der Waals surface area contributed by atoms with E-state index in [1.165, 1.54) is 0 Å². The van der Waals surface area contributed by atoms with Crippen LogP contribution in [0.2, 0.25) is 0 Å². The first-order chi connectivity index (χ1) is 13.8. The molecule has 7 nitrogen and oxygen atoms in total. The Morgan fingerprint density at radius 3 is 2.28 bits per heavy atom. The van der Waals surface area contributed by atoms with Gasteiger partial charge in [0, 0.05) is 28.2 Å². The molecule has 0 aliphatic carbocycles. The summed E-state index contributed by atoms with van der Waals surface area (Å²) >= 11 is 1.55. The lowest BCUT2D eigenvalue weighted by Crippen LogP contribution is -2.47. The summed E-state index contributed by atoms with van der Waals surface area (Å²) < 4.78 is 10.9. The molecule has 29 heavy (non-hydrogen) atoms. The lowest BCUT2D eigenvalue weighted by molar-refractivity contribution is -0.132. The van der Waals surface area contributed by atoms with Crippen LogP contribution in [0.15, 0.2) is 30.3 Å². The van der Waals surface area contributed by atoms with Gasteiger partial charge in [0.1, 0.15) is 11.5 Å². The van der Waals surface area contributed by atoms with Crippen LogP contribution in [-0.4, -0.2) is 30.3 Å². The maximum absolute atomic E-state index is 12.2. The van der Waals surface area contributed by atoms with Crippen LogP contribution in [0, 0.1) is 13.8 Å². The number of rotatable bonds is 9. The van der Waals surface area contributed by atoms with Gasteiger partial charge in [-0.2, -0.15) is 0 Å². The van der Waals surface area contributed by atoms with Gasteiger partial charge in [-0.1, -0.05) is 0 Å². The molecule has 0 saturated carbocycles. The third-order valence-corrected chi connectivity index (χ3v) is 5.03. The molecule has 156 valence electrons. The maximum atomic E-state index is 12.2. The molecule has 0 spiro atoms. The van der Waals surface area contributed by atoms with E-state index >= 15 is 0 Å². The minimum Gasteiger partial charge on any atom is -0.494 e. The third-order valence-electron chi connectivity index (χ3n) is 4.06. The number of benzene rings is 1. The van der Waals surface area contributed by atoms with Crippen molar-refractivity contribution in [3.05, 3.63) is 45.6 Å². The van der Waals surface area contributed by atoms with Gasteiger partial charge in [0.05, 0.1) is 6.61 Å². The number of hydrazine groups is 1. The fourth-order valence-corrected chi connectivity index (χ4v) is 3.55. The Morgan fingerprint density at radius 2 is 1.69 bits per heavy atom. The second kappa shape index (κ2) is 10.6. The smallest absolute Gasteiger partial charge is 0.279 e. The van der Waals surface area contributed by atoms with E-state index in [2.05, 4.69) is 10.9 Å². The Bertz CT molecular complexity index is 860. The first-order valence-electron chi connectivity index (χ1n) is 9.38. The number of hydrogen-bond acceptors (Lipinski definition) is 6. The number of thiophene rings is 1. The molecule has 2 N–H and O–H groups in total. The number of amides is 2. The maximum Gasteiger partial charge on any atom is 0.279 e. The molecule has 1 aromatic heterocycles. The Balaban J connectivity index is 1.73. The lowest BCUT2D eigenvalue weighted by Gasteiger charge is -2.15. The van der Waals surface area contributed by atoms with Gasteiger partial charge in [-0.3, -0.25) is 25.2 Å². The average molecular weight is 419 g/mol. The SMILES string of the molecule is CCOc1ccc(O[C@H](C)C(=O)NNC(=O)CCC(=O)c2cc(C)sc2C)cc1. The molecule has 0 radical (unpaired) electrons. The van der Waals surface area contributed by atoms with Crippen molar-refractivity contribution in [2.75, 3.05) is 6.61 Å². The highest BCUT2D eigenvalue weighted by Crippen LogP contribution is 2.22. The number of hydrogen-bond donors (Lipinski definition) is 2. The highest BCUT2D eigenvalue weighted by Gasteiger charge is 2.17.